The third kappa shape index (κ3) is 3.99. The van der Waals surface area contributed by atoms with Gasteiger partial charge in [-0.1, -0.05) is 13.3 Å². The first-order valence-electron chi connectivity index (χ1n) is 5.98. The van der Waals surface area contributed by atoms with Crippen LogP contribution in [0.4, 0.5) is 4.39 Å². The molecule has 0 aliphatic heterocycles. The monoisotopic (exact) mass is 271 g/mol. The van der Waals surface area contributed by atoms with Gasteiger partial charge < -0.3 is 10.0 Å². The molecule has 3 nitrogen and oxygen atoms in total. The lowest BCUT2D eigenvalue weighted by atomic mass is 10.1. The summed E-state index contributed by atoms with van der Waals surface area (Å²) >= 11 is 4.10. The lowest BCUT2D eigenvalue weighted by Gasteiger charge is -2.22. The quantitative estimate of drug-likeness (QED) is 0.780. The van der Waals surface area contributed by atoms with Crippen molar-refractivity contribution in [2.45, 2.75) is 24.7 Å². The van der Waals surface area contributed by atoms with Gasteiger partial charge in [0.05, 0.1) is 12.2 Å². The molecule has 0 saturated carbocycles. The van der Waals surface area contributed by atoms with Gasteiger partial charge in [0.1, 0.15) is 5.82 Å². The van der Waals surface area contributed by atoms with Crippen molar-refractivity contribution in [3.8, 4) is 0 Å². The van der Waals surface area contributed by atoms with Crippen molar-refractivity contribution in [3.05, 3.63) is 29.6 Å². The number of nitrogens with zero attached hydrogens (tertiary/aromatic N) is 1. The zero-order valence-corrected chi connectivity index (χ0v) is 11.3. The fraction of sp³-hybridized carbons (Fsp3) is 0.462. The van der Waals surface area contributed by atoms with E-state index in [9.17, 15) is 9.18 Å². The van der Waals surface area contributed by atoms with E-state index in [0.29, 0.717) is 11.4 Å². The minimum Gasteiger partial charge on any atom is -0.395 e. The standard InChI is InChI=1S/C13H18FNO2S/c1-2-3-6-15(7-8-16)13(17)11-9-10(18)4-5-12(11)14/h4-5,9,16,18H,2-3,6-8H2,1H3. The third-order valence-electron chi connectivity index (χ3n) is 2.62. The molecular formula is C13H18FNO2S. The van der Waals surface area contributed by atoms with Gasteiger partial charge in [0, 0.05) is 18.0 Å². The number of aliphatic hydroxyl groups excluding tert-OH is 1. The molecule has 0 aromatic heterocycles. The van der Waals surface area contributed by atoms with E-state index in [-0.39, 0.29) is 18.7 Å². The van der Waals surface area contributed by atoms with E-state index in [1.54, 1.807) is 0 Å². The first kappa shape index (κ1) is 15.0. The summed E-state index contributed by atoms with van der Waals surface area (Å²) < 4.78 is 13.6. The molecular weight excluding hydrogens is 253 g/mol. The zero-order chi connectivity index (χ0) is 13.5. The maximum absolute atomic E-state index is 13.6. The summed E-state index contributed by atoms with van der Waals surface area (Å²) in [7, 11) is 0. The molecule has 0 aliphatic carbocycles. The Morgan fingerprint density at radius 1 is 1.44 bits per heavy atom. The van der Waals surface area contributed by atoms with E-state index in [4.69, 9.17) is 5.11 Å². The summed E-state index contributed by atoms with van der Waals surface area (Å²) in [4.78, 5) is 14.2. The number of unbranched alkanes of at least 4 members (excludes halogenated alkanes) is 1. The summed E-state index contributed by atoms with van der Waals surface area (Å²) in [5, 5.41) is 8.95. The number of aliphatic hydroxyl groups is 1. The Bertz CT molecular complexity index is 412. The molecule has 18 heavy (non-hydrogen) atoms. The highest BCUT2D eigenvalue weighted by molar-refractivity contribution is 7.80. The number of benzene rings is 1. The van der Waals surface area contributed by atoms with Crippen LogP contribution in [0.5, 0.6) is 0 Å². The molecule has 1 rings (SSSR count). The number of hydrogen-bond acceptors (Lipinski definition) is 3. The number of thiol groups is 1. The van der Waals surface area contributed by atoms with Crippen LogP contribution in [-0.4, -0.2) is 35.6 Å². The molecule has 1 aromatic carbocycles. The van der Waals surface area contributed by atoms with Crippen LogP contribution in [0.15, 0.2) is 23.1 Å². The second kappa shape index (κ2) is 7.38. The number of rotatable bonds is 6. The zero-order valence-electron chi connectivity index (χ0n) is 10.4. The molecule has 0 radical (unpaired) electrons. The van der Waals surface area contributed by atoms with Crippen molar-refractivity contribution in [1.82, 2.24) is 4.90 Å². The molecule has 100 valence electrons. The number of amides is 1. The molecule has 1 aromatic rings. The minimum absolute atomic E-state index is 0.00653. The normalized spacial score (nSPS) is 10.4. The van der Waals surface area contributed by atoms with E-state index in [0.717, 1.165) is 12.8 Å². The highest BCUT2D eigenvalue weighted by Gasteiger charge is 2.18. The van der Waals surface area contributed by atoms with Gasteiger partial charge in [-0.3, -0.25) is 4.79 Å². The Balaban J connectivity index is 2.90. The number of hydrogen-bond donors (Lipinski definition) is 2. The molecule has 0 heterocycles. The molecule has 1 N–H and O–H groups in total. The maximum atomic E-state index is 13.6. The topological polar surface area (TPSA) is 40.5 Å². The molecule has 5 heteroatoms. The van der Waals surface area contributed by atoms with Crippen molar-refractivity contribution >= 4 is 18.5 Å². The Kier molecular flexibility index (Phi) is 6.15. The molecule has 0 saturated heterocycles. The molecule has 0 aliphatic rings. The van der Waals surface area contributed by atoms with Crippen molar-refractivity contribution < 1.29 is 14.3 Å². The van der Waals surface area contributed by atoms with Crippen molar-refractivity contribution in [2.75, 3.05) is 19.7 Å². The van der Waals surface area contributed by atoms with Gasteiger partial charge in [-0.2, -0.15) is 0 Å². The van der Waals surface area contributed by atoms with E-state index in [1.807, 2.05) is 6.92 Å². The first-order valence-corrected chi connectivity index (χ1v) is 6.43. The Hall–Kier alpha value is -1.07. The van der Waals surface area contributed by atoms with Gasteiger partial charge in [-0.15, -0.1) is 12.6 Å². The number of carbonyl (C=O) groups excluding carboxylic acids is 1. The molecule has 1 amide bonds. The van der Waals surface area contributed by atoms with Gasteiger partial charge in [0.15, 0.2) is 0 Å². The van der Waals surface area contributed by atoms with Crippen LogP contribution in [0.3, 0.4) is 0 Å². The van der Waals surface area contributed by atoms with Gasteiger partial charge in [0.2, 0.25) is 0 Å². The van der Waals surface area contributed by atoms with Crippen LogP contribution in [0.25, 0.3) is 0 Å². The lowest BCUT2D eigenvalue weighted by Crippen LogP contribution is -2.35. The first-order chi connectivity index (χ1) is 8.60. The lowest BCUT2D eigenvalue weighted by molar-refractivity contribution is 0.0714. The fourth-order valence-corrected chi connectivity index (χ4v) is 1.84. The van der Waals surface area contributed by atoms with Crippen LogP contribution in [-0.2, 0) is 0 Å². The number of carbonyl (C=O) groups is 1. The van der Waals surface area contributed by atoms with E-state index >= 15 is 0 Å². The predicted molar refractivity (Wildman–Crippen MR) is 71.5 cm³/mol. The summed E-state index contributed by atoms with van der Waals surface area (Å²) in [6.07, 6.45) is 1.76. The summed E-state index contributed by atoms with van der Waals surface area (Å²) in [6.45, 7) is 2.62. The van der Waals surface area contributed by atoms with Crippen molar-refractivity contribution in [2.24, 2.45) is 0 Å². The molecule has 0 unspecified atom stereocenters. The highest BCUT2D eigenvalue weighted by atomic mass is 32.1. The van der Waals surface area contributed by atoms with Crippen molar-refractivity contribution in [1.29, 1.82) is 0 Å². The second-order valence-corrected chi connectivity index (χ2v) is 4.55. The average molecular weight is 271 g/mol. The van der Waals surface area contributed by atoms with Gasteiger partial charge >= 0.3 is 0 Å². The molecule has 0 atom stereocenters. The van der Waals surface area contributed by atoms with E-state index in [2.05, 4.69) is 12.6 Å². The Morgan fingerprint density at radius 3 is 2.78 bits per heavy atom. The maximum Gasteiger partial charge on any atom is 0.256 e. The smallest absolute Gasteiger partial charge is 0.256 e. The third-order valence-corrected chi connectivity index (χ3v) is 2.90. The summed E-state index contributed by atoms with van der Waals surface area (Å²) in [5.74, 6) is -0.955. The summed E-state index contributed by atoms with van der Waals surface area (Å²) in [6, 6.07) is 4.14. The largest absolute Gasteiger partial charge is 0.395 e. The molecule has 0 spiro atoms. The SMILES string of the molecule is CCCCN(CCO)C(=O)c1cc(S)ccc1F. The summed E-state index contributed by atoms with van der Waals surface area (Å²) in [5.41, 5.74) is 0.00653. The number of halogens is 1. The van der Waals surface area contributed by atoms with Gasteiger partial charge in [-0.25, -0.2) is 4.39 Å². The van der Waals surface area contributed by atoms with Gasteiger partial charge in [-0.05, 0) is 24.6 Å². The second-order valence-electron chi connectivity index (χ2n) is 4.03. The molecule has 0 fully saturated rings. The average Bonchev–Trinajstić information content (AvgIpc) is 2.36. The fourth-order valence-electron chi connectivity index (χ4n) is 1.63. The van der Waals surface area contributed by atoms with Gasteiger partial charge in [0.25, 0.3) is 5.91 Å². The minimum atomic E-state index is -0.558. The van der Waals surface area contributed by atoms with Crippen LogP contribution in [0, 0.1) is 5.82 Å². The predicted octanol–water partition coefficient (Wildman–Crippen LogP) is 2.35. The van der Waals surface area contributed by atoms with Crippen LogP contribution in [0.1, 0.15) is 30.1 Å². The molecule has 0 bridgehead atoms. The van der Waals surface area contributed by atoms with Crippen LogP contribution < -0.4 is 0 Å². The Morgan fingerprint density at radius 2 is 2.17 bits per heavy atom. The van der Waals surface area contributed by atoms with Crippen LogP contribution in [0.2, 0.25) is 0 Å². The van der Waals surface area contributed by atoms with Crippen molar-refractivity contribution in [3.63, 3.8) is 0 Å². The van der Waals surface area contributed by atoms with E-state index in [1.165, 1.54) is 23.1 Å². The highest BCUT2D eigenvalue weighted by Crippen LogP contribution is 2.16. The van der Waals surface area contributed by atoms with Crippen LogP contribution >= 0.6 is 12.6 Å². The Labute approximate surface area is 112 Å². The van der Waals surface area contributed by atoms with E-state index < -0.39 is 11.7 Å².